The van der Waals surface area contributed by atoms with Gasteiger partial charge in [-0.15, -0.1) is 11.8 Å². The number of amides is 1. The minimum Gasteiger partial charge on any atom is -0.378 e. The molecule has 2 N–H and O–H groups in total. The molecule has 4 nitrogen and oxygen atoms in total. The SMILES string of the molecule is O=C(NC1CCSc2c(F)cccc21)C1COCCN1. The lowest BCUT2D eigenvalue weighted by Crippen LogP contribution is -2.52. The molecule has 0 saturated carbocycles. The van der Waals surface area contributed by atoms with Crippen molar-refractivity contribution >= 4 is 17.7 Å². The number of thioether (sulfide) groups is 1. The summed E-state index contributed by atoms with van der Waals surface area (Å²) in [6.07, 6.45) is 0.820. The van der Waals surface area contributed by atoms with Gasteiger partial charge >= 0.3 is 0 Å². The third kappa shape index (κ3) is 2.82. The van der Waals surface area contributed by atoms with E-state index in [4.69, 9.17) is 4.74 Å². The van der Waals surface area contributed by atoms with Crippen LogP contribution in [0.3, 0.4) is 0 Å². The highest BCUT2D eigenvalue weighted by Gasteiger charge is 2.28. The number of halogens is 1. The molecule has 2 heterocycles. The molecule has 1 aromatic carbocycles. The van der Waals surface area contributed by atoms with E-state index in [-0.39, 0.29) is 23.8 Å². The molecule has 0 bridgehead atoms. The molecule has 0 aliphatic carbocycles. The maximum Gasteiger partial charge on any atom is 0.240 e. The zero-order valence-corrected chi connectivity index (χ0v) is 11.8. The minimum atomic E-state index is -0.310. The van der Waals surface area contributed by atoms with Crippen LogP contribution in [0.5, 0.6) is 0 Å². The van der Waals surface area contributed by atoms with Crippen LogP contribution in [0.25, 0.3) is 0 Å². The third-order valence-corrected chi connectivity index (χ3v) is 4.74. The Bertz CT molecular complexity index is 506. The van der Waals surface area contributed by atoms with Gasteiger partial charge in [0.2, 0.25) is 5.91 Å². The van der Waals surface area contributed by atoms with Crippen LogP contribution in [-0.2, 0) is 9.53 Å². The Morgan fingerprint density at radius 2 is 2.40 bits per heavy atom. The van der Waals surface area contributed by atoms with Gasteiger partial charge in [-0.05, 0) is 18.1 Å². The molecule has 1 fully saturated rings. The van der Waals surface area contributed by atoms with E-state index in [9.17, 15) is 9.18 Å². The van der Waals surface area contributed by atoms with E-state index >= 15 is 0 Å². The van der Waals surface area contributed by atoms with Crippen molar-refractivity contribution in [1.82, 2.24) is 10.6 Å². The number of nitrogens with one attached hydrogen (secondary N) is 2. The average molecular weight is 296 g/mol. The monoisotopic (exact) mass is 296 g/mol. The van der Waals surface area contributed by atoms with Gasteiger partial charge in [-0.1, -0.05) is 12.1 Å². The van der Waals surface area contributed by atoms with E-state index in [1.54, 1.807) is 6.07 Å². The highest BCUT2D eigenvalue weighted by atomic mass is 32.2. The van der Waals surface area contributed by atoms with Crippen molar-refractivity contribution < 1.29 is 13.9 Å². The van der Waals surface area contributed by atoms with Gasteiger partial charge in [0, 0.05) is 17.2 Å². The topological polar surface area (TPSA) is 50.4 Å². The number of carbonyl (C=O) groups excluding carboxylic acids is 1. The number of hydrogen-bond donors (Lipinski definition) is 2. The number of fused-ring (bicyclic) bond motifs is 1. The van der Waals surface area contributed by atoms with Gasteiger partial charge in [-0.25, -0.2) is 4.39 Å². The first kappa shape index (κ1) is 13.9. The molecule has 1 aromatic rings. The molecule has 1 saturated heterocycles. The first-order valence-corrected chi connectivity index (χ1v) is 7.77. The largest absolute Gasteiger partial charge is 0.378 e. The average Bonchev–Trinajstić information content (AvgIpc) is 2.49. The molecule has 2 atom stereocenters. The molecule has 2 aliphatic rings. The predicted molar refractivity (Wildman–Crippen MR) is 75.2 cm³/mol. The fourth-order valence-electron chi connectivity index (χ4n) is 2.54. The summed E-state index contributed by atoms with van der Waals surface area (Å²) in [5.41, 5.74) is 0.881. The highest BCUT2D eigenvalue weighted by molar-refractivity contribution is 7.99. The summed E-state index contributed by atoms with van der Waals surface area (Å²) in [6.45, 7) is 1.71. The quantitative estimate of drug-likeness (QED) is 0.868. The van der Waals surface area contributed by atoms with Gasteiger partial charge in [0.25, 0.3) is 0 Å². The van der Waals surface area contributed by atoms with E-state index < -0.39 is 0 Å². The number of benzene rings is 1. The van der Waals surface area contributed by atoms with Crippen LogP contribution in [0.15, 0.2) is 23.1 Å². The molecular weight excluding hydrogens is 279 g/mol. The second-order valence-electron chi connectivity index (χ2n) is 4.94. The summed E-state index contributed by atoms with van der Waals surface area (Å²) < 4.78 is 19.1. The second kappa shape index (κ2) is 6.11. The van der Waals surface area contributed by atoms with Gasteiger partial charge in [-0.2, -0.15) is 0 Å². The summed E-state index contributed by atoms with van der Waals surface area (Å²) in [7, 11) is 0. The van der Waals surface area contributed by atoms with Gasteiger partial charge in [-0.3, -0.25) is 4.79 Å². The summed E-state index contributed by atoms with van der Waals surface area (Å²) in [4.78, 5) is 12.9. The number of hydrogen-bond acceptors (Lipinski definition) is 4. The van der Waals surface area contributed by atoms with E-state index in [1.165, 1.54) is 17.8 Å². The van der Waals surface area contributed by atoms with Crippen molar-refractivity contribution in [3.8, 4) is 0 Å². The second-order valence-corrected chi connectivity index (χ2v) is 6.04. The number of carbonyl (C=O) groups is 1. The smallest absolute Gasteiger partial charge is 0.240 e. The van der Waals surface area contributed by atoms with Crippen molar-refractivity contribution in [3.05, 3.63) is 29.6 Å². The molecule has 1 amide bonds. The number of morpholine rings is 1. The minimum absolute atomic E-state index is 0.0724. The van der Waals surface area contributed by atoms with Crippen molar-refractivity contribution in [2.24, 2.45) is 0 Å². The first-order chi connectivity index (χ1) is 9.75. The van der Waals surface area contributed by atoms with E-state index in [1.807, 2.05) is 6.07 Å². The van der Waals surface area contributed by atoms with Gasteiger partial charge in [0.15, 0.2) is 0 Å². The molecular formula is C14H17FN2O2S. The zero-order valence-electron chi connectivity index (χ0n) is 11.0. The van der Waals surface area contributed by atoms with Crippen molar-refractivity contribution in [2.75, 3.05) is 25.5 Å². The van der Waals surface area contributed by atoms with Crippen LogP contribution in [0.1, 0.15) is 18.0 Å². The Labute approximate surface area is 121 Å². The van der Waals surface area contributed by atoms with E-state index in [0.717, 1.165) is 17.7 Å². The molecule has 0 radical (unpaired) electrons. The van der Waals surface area contributed by atoms with Crippen LogP contribution in [0.4, 0.5) is 4.39 Å². The van der Waals surface area contributed by atoms with Gasteiger partial charge in [0.1, 0.15) is 11.9 Å². The van der Waals surface area contributed by atoms with E-state index in [0.29, 0.717) is 24.7 Å². The Morgan fingerprint density at radius 3 is 3.20 bits per heavy atom. The fourth-order valence-corrected chi connectivity index (χ4v) is 3.68. The highest BCUT2D eigenvalue weighted by Crippen LogP contribution is 2.37. The Balaban J connectivity index is 1.73. The molecule has 6 heteroatoms. The molecule has 20 heavy (non-hydrogen) atoms. The Morgan fingerprint density at radius 1 is 1.50 bits per heavy atom. The fraction of sp³-hybridized carbons (Fsp3) is 0.500. The summed E-state index contributed by atoms with van der Waals surface area (Å²) in [5, 5.41) is 6.14. The molecule has 0 spiro atoms. The van der Waals surface area contributed by atoms with Crippen LogP contribution in [-0.4, -0.2) is 37.5 Å². The maximum atomic E-state index is 13.8. The van der Waals surface area contributed by atoms with Crippen LogP contribution in [0, 0.1) is 5.82 Å². The summed E-state index contributed by atoms with van der Waals surface area (Å²) in [5.74, 6) is 0.537. The van der Waals surface area contributed by atoms with Crippen molar-refractivity contribution in [1.29, 1.82) is 0 Å². The molecule has 3 rings (SSSR count). The lowest BCUT2D eigenvalue weighted by atomic mass is 10.0. The number of ether oxygens (including phenoxy) is 1. The van der Waals surface area contributed by atoms with Gasteiger partial charge in [0.05, 0.1) is 19.3 Å². The van der Waals surface area contributed by atoms with Crippen LogP contribution >= 0.6 is 11.8 Å². The van der Waals surface area contributed by atoms with Gasteiger partial charge < -0.3 is 15.4 Å². The van der Waals surface area contributed by atoms with Crippen molar-refractivity contribution in [3.63, 3.8) is 0 Å². The standard InChI is InChI=1S/C14H17FN2O2S/c15-10-3-1-2-9-11(4-7-20-13(9)10)17-14(18)12-8-19-6-5-16-12/h1-3,11-12,16H,4-8H2,(H,17,18). The van der Waals surface area contributed by atoms with Crippen LogP contribution < -0.4 is 10.6 Å². The summed E-state index contributed by atoms with van der Waals surface area (Å²) >= 11 is 1.52. The maximum absolute atomic E-state index is 13.8. The first-order valence-electron chi connectivity index (χ1n) is 6.78. The predicted octanol–water partition coefficient (Wildman–Crippen LogP) is 1.47. The van der Waals surface area contributed by atoms with E-state index in [2.05, 4.69) is 10.6 Å². The molecule has 108 valence electrons. The summed E-state index contributed by atoms with van der Waals surface area (Å²) in [6, 6.07) is 4.63. The normalized spacial score (nSPS) is 25.9. The third-order valence-electron chi connectivity index (χ3n) is 3.58. The lowest BCUT2D eigenvalue weighted by Gasteiger charge is -2.29. The van der Waals surface area contributed by atoms with Crippen molar-refractivity contribution in [2.45, 2.75) is 23.4 Å². The molecule has 2 aliphatic heterocycles. The Kier molecular flexibility index (Phi) is 4.24. The van der Waals surface area contributed by atoms with Crippen LogP contribution in [0.2, 0.25) is 0 Å². The lowest BCUT2D eigenvalue weighted by molar-refractivity contribution is -0.126. The zero-order chi connectivity index (χ0) is 13.9. The molecule has 2 unspecified atom stereocenters. The molecule has 0 aromatic heterocycles. The Hall–Kier alpha value is -1.11. The number of rotatable bonds is 2.